The molecule has 2 aromatic heterocycles. The van der Waals surface area contributed by atoms with Gasteiger partial charge in [-0.1, -0.05) is 333 Å². The molecule has 0 atom stereocenters. The van der Waals surface area contributed by atoms with E-state index >= 15 is 0 Å². The van der Waals surface area contributed by atoms with Crippen LogP contribution in [0.3, 0.4) is 0 Å². The molecular formula is C124H122B2N6S2. The third kappa shape index (κ3) is 14.5. The molecule has 0 bridgehead atoms. The Morgan fingerprint density at radius 1 is 0.246 bits per heavy atom. The van der Waals surface area contributed by atoms with Crippen molar-refractivity contribution in [1.29, 1.82) is 0 Å². The van der Waals surface area contributed by atoms with Crippen molar-refractivity contribution in [2.45, 2.75) is 207 Å². The first kappa shape index (κ1) is 86.8. The second kappa shape index (κ2) is 31.5. The monoisotopic (exact) mass is 1780 g/mol. The first-order valence-electron chi connectivity index (χ1n) is 48.6. The van der Waals surface area contributed by atoms with Crippen LogP contribution in [0.25, 0.3) is 33.4 Å². The minimum absolute atomic E-state index is 0.0260. The van der Waals surface area contributed by atoms with E-state index in [1.54, 1.807) is 0 Å². The van der Waals surface area contributed by atoms with E-state index in [4.69, 9.17) is 0 Å². The molecule has 0 amide bonds. The highest BCUT2D eigenvalue weighted by molar-refractivity contribution is 7.30. The van der Waals surface area contributed by atoms with Crippen molar-refractivity contribution in [3.05, 3.63) is 371 Å². The molecule has 0 N–H and O–H groups in total. The van der Waals surface area contributed by atoms with Crippen LogP contribution in [0.1, 0.15) is 207 Å². The molecule has 22 rings (SSSR count). The SMILES string of the molecule is CC(C)(C)c1ccc(N2c3ccc(C(C)(C)C)cc3B3c4sc5c(c4N(c4ccc(C(C)(C)C)cc4)c4cc(N(c6ccccc6)c6cccc(-c7ccc(-c8ccc9c(c8)B8c%10sc%11c(c%10N(c%10ccc(C(C)(C)C)cc%10)c%10cc(N(c%12ccccc%12)c%12ccccc%12)cc(c%108)N9c8ccc(-c9ccccc9)cc8)C(C)(C)CCC%11(C)C)cc7)c6)cc2c43)C(C)(C)CCC5(C)C)cc1. The van der Waals surface area contributed by atoms with Gasteiger partial charge in [-0.2, -0.15) is 22.7 Å². The predicted octanol–water partition coefficient (Wildman–Crippen LogP) is 31.8. The van der Waals surface area contributed by atoms with Crippen LogP contribution in [0, 0.1) is 0 Å². The van der Waals surface area contributed by atoms with Crippen LogP contribution in [-0.2, 0) is 43.3 Å². The molecule has 14 aromatic carbocycles. The molecule has 2 aliphatic carbocycles. The fraction of sp³-hybridized carbons (Fsp3) is 0.258. The number of rotatable bonds is 13. The summed E-state index contributed by atoms with van der Waals surface area (Å²) in [6.45, 7) is 48.1. The Morgan fingerprint density at radius 3 is 0.925 bits per heavy atom. The molecule has 0 fully saturated rings. The first-order valence-corrected chi connectivity index (χ1v) is 50.2. The van der Waals surface area contributed by atoms with Crippen LogP contribution >= 0.6 is 22.7 Å². The first-order chi connectivity index (χ1) is 64.0. The smallest absolute Gasteiger partial charge is 0.264 e. The molecule has 0 spiro atoms. The molecule has 666 valence electrons. The van der Waals surface area contributed by atoms with Crippen LogP contribution in [-0.4, -0.2) is 13.4 Å². The average Bonchev–Trinajstić information content (AvgIpc) is 1.46. The molecule has 10 heteroatoms. The lowest BCUT2D eigenvalue weighted by molar-refractivity contribution is 0.339. The summed E-state index contributed by atoms with van der Waals surface area (Å²) >= 11 is 4.20. The third-order valence-electron chi connectivity index (χ3n) is 30.4. The minimum Gasteiger partial charge on any atom is -0.311 e. The van der Waals surface area contributed by atoms with Crippen molar-refractivity contribution in [2.24, 2.45) is 0 Å². The summed E-state index contributed by atoms with van der Waals surface area (Å²) in [6.07, 6.45) is 4.44. The van der Waals surface area contributed by atoms with Crippen LogP contribution in [0.4, 0.5) is 102 Å². The molecule has 6 nitrogen and oxygen atoms in total. The van der Waals surface area contributed by atoms with Crippen LogP contribution in [0.15, 0.2) is 328 Å². The van der Waals surface area contributed by atoms with Crippen molar-refractivity contribution >= 4 is 170 Å². The Morgan fingerprint density at radius 2 is 0.530 bits per heavy atom. The number of hydrogen-bond donors (Lipinski definition) is 0. The molecule has 16 aromatic rings. The fourth-order valence-corrected chi connectivity index (χ4v) is 26.1. The Balaban J connectivity index is 0.728. The normalized spacial score (nSPS) is 15.8. The lowest BCUT2D eigenvalue weighted by atomic mass is 9.35. The van der Waals surface area contributed by atoms with E-state index in [0.29, 0.717) is 0 Å². The zero-order valence-corrected chi connectivity index (χ0v) is 83.3. The van der Waals surface area contributed by atoms with Crippen molar-refractivity contribution in [2.75, 3.05) is 29.4 Å². The summed E-state index contributed by atoms with van der Waals surface area (Å²) in [5, 5.41) is 0. The van der Waals surface area contributed by atoms with Gasteiger partial charge in [0.25, 0.3) is 13.4 Å². The zero-order chi connectivity index (χ0) is 93.0. The number of thiophene rings is 2. The van der Waals surface area contributed by atoms with E-state index in [-0.39, 0.29) is 56.7 Å². The number of benzene rings is 14. The largest absolute Gasteiger partial charge is 0.311 e. The van der Waals surface area contributed by atoms with E-state index in [0.717, 1.165) is 82.3 Å². The summed E-state index contributed by atoms with van der Waals surface area (Å²) in [5.41, 5.74) is 41.1. The number of fused-ring (bicyclic) bond motifs is 12. The second-order valence-electron chi connectivity index (χ2n) is 45.5. The topological polar surface area (TPSA) is 19.4 Å². The summed E-state index contributed by atoms with van der Waals surface area (Å²) < 4.78 is 2.85. The van der Waals surface area contributed by atoms with E-state index in [1.165, 1.54) is 154 Å². The van der Waals surface area contributed by atoms with Gasteiger partial charge in [-0.3, -0.25) is 0 Å². The van der Waals surface area contributed by atoms with Gasteiger partial charge >= 0.3 is 0 Å². The molecule has 6 aliphatic rings. The van der Waals surface area contributed by atoms with Gasteiger partial charge in [0, 0.05) is 98.9 Å². The van der Waals surface area contributed by atoms with Crippen LogP contribution in [0.5, 0.6) is 0 Å². The molecule has 4 aliphatic heterocycles. The van der Waals surface area contributed by atoms with E-state index < -0.39 is 0 Å². The molecule has 0 unspecified atom stereocenters. The Labute approximate surface area is 804 Å². The number of nitrogens with zero attached hydrogens (tertiary/aromatic N) is 6. The fourth-order valence-electron chi connectivity index (χ4n) is 22.6. The van der Waals surface area contributed by atoms with Crippen LogP contribution < -0.4 is 60.8 Å². The molecule has 6 heterocycles. The second-order valence-corrected chi connectivity index (χ2v) is 47.6. The summed E-state index contributed by atoms with van der Waals surface area (Å²) in [5.74, 6) is 0. The van der Waals surface area contributed by atoms with Gasteiger partial charge in [0.1, 0.15) is 0 Å². The third-order valence-corrected chi connectivity index (χ3v) is 33.6. The Hall–Kier alpha value is -12.6. The molecule has 0 saturated heterocycles. The summed E-state index contributed by atoms with van der Waals surface area (Å²) in [6, 6.07) is 126. The lowest BCUT2D eigenvalue weighted by Gasteiger charge is -2.46. The maximum Gasteiger partial charge on any atom is 0.264 e. The standard InChI is InChI=1S/C124H122B2N6S2/c1-117(2,3)85-51-60-93(61-52-85)130-102-67-57-88(120(10,11)12)74-100(102)126-110-104(130)76-98(78-106(110)132(95-64-55-87(56-65-95)119(7,8)9)112-108-114(134-116(112)126)124(19,20)71-69-122(108,15)16)128(91-41-31-24-32-42-91)96-43-33-36-83(72-96)81-44-46-82(47-45-81)84-50-66-101-99(73-84)125-109-103(129(101)92-58-48-80(49-59-92)79-34-25-21-26-35-79)75-97(127(89-37-27-22-28-38-89)90-39-29-23-30-40-90)77-105(109)131(94-62-53-86(54-63-94)118(4,5)6)111-107-113(133-115(111)125)123(17,18)70-68-121(107,13)14/h21-67,72-78H,68-71H2,1-20H3. The summed E-state index contributed by atoms with van der Waals surface area (Å²) in [7, 11) is 0. The Bertz CT molecular complexity index is 7230. The van der Waals surface area contributed by atoms with Crippen molar-refractivity contribution in [3.63, 3.8) is 0 Å². The maximum absolute atomic E-state index is 2.74. The van der Waals surface area contributed by atoms with E-state index in [2.05, 4.69) is 518 Å². The minimum atomic E-state index is -0.125. The quantitative estimate of drug-likeness (QED) is 0.106. The number of hydrogen-bond acceptors (Lipinski definition) is 8. The number of anilines is 18. The van der Waals surface area contributed by atoms with Gasteiger partial charge in [-0.25, -0.2) is 0 Å². The van der Waals surface area contributed by atoms with Crippen LogP contribution in [0.2, 0.25) is 0 Å². The van der Waals surface area contributed by atoms with E-state index in [9.17, 15) is 0 Å². The molecule has 0 radical (unpaired) electrons. The predicted molar refractivity (Wildman–Crippen MR) is 581 cm³/mol. The van der Waals surface area contributed by atoms with Gasteiger partial charge in [0.2, 0.25) is 0 Å². The highest BCUT2D eigenvalue weighted by Gasteiger charge is 2.54. The lowest BCUT2D eigenvalue weighted by Crippen LogP contribution is -2.61. The van der Waals surface area contributed by atoms with Gasteiger partial charge in [-0.05, 0) is 291 Å². The molecule has 134 heavy (non-hydrogen) atoms. The maximum atomic E-state index is 2.74. The molecular weight excluding hydrogens is 1660 g/mol. The van der Waals surface area contributed by atoms with E-state index in [1.807, 2.05) is 0 Å². The zero-order valence-electron chi connectivity index (χ0n) is 81.7. The molecule has 0 saturated carbocycles. The summed E-state index contributed by atoms with van der Waals surface area (Å²) in [4.78, 5) is 18.8. The highest BCUT2D eigenvalue weighted by Crippen LogP contribution is 2.61. The Kier molecular flexibility index (Phi) is 20.4. The van der Waals surface area contributed by atoms with Crippen molar-refractivity contribution in [3.8, 4) is 33.4 Å². The highest BCUT2D eigenvalue weighted by atomic mass is 32.1. The number of para-hydroxylation sites is 3. The van der Waals surface area contributed by atoms with Gasteiger partial charge in [-0.15, -0.1) is 0 Å². The van der Waals surface area contributed by atoms with Crippen molar-refractivity contribution < 1.29 is 0 Å². The van der Waals surface area contributed by atoms with Gasteiger partial charge in [0.15, 0.2) is 0 Å². The average molecular weight is 1780 g/mol. The van der Waals surface area contributed by atoms with Gasteiger partial charge in [0.05, 0.1) is 22.7 Å². The van der Waals surface area contributed by atoms with Crippen molar-refractivity contribution in [1.82, 2.24) is 0 Å². The van der Waals surface area contributed by atoms with Gasteiger partial charge < -0.3 is 29.4 Å².